The fourth-order valence-electron chi connectivity index (χ4n) is 4.52. The van der Waals surface area contributed by atoms with Crippen LogP contribution >= 0.6 is 11.3 Å². The monoisotopic (exact) mass is 397 g/mol. The van der Waals surface area contributed by atoms with Crippen molar-refractivity contribution in [2.45, 2.75) is 58.4 Å². The first-order valence-electron chi connectivity index (χ1n) is 10.8. The molecule has 1 saturated carbocycles. The van der Waals surface area contributed by atoms with Crippen LogP contribution in [0, 0.1) is 6.92 Å². The van der Waals surface area contributed by atoms with E-state index in [1.54, 1.807) is 11.3 Å². The van der Waals surface area contributed by atoms with E-state index in [1.165, 1.54) is 31.2 Å². The molecule has 2 fully saturated rings. The molecule has 5 heteroatoms. The quantitative estimate of drug-likeness (QED) is 0.729. The topological polar surface area (TPSA) is 36.4 Å². The Morgan fingerprint density at radius 3 is 2.43 bits per heavy atom. The van der Waals surface area contributed by atoms with Gasteiger partial charge in [0.1, 0.15) is 9.88 Å². The van der Waals surface area contributed by atoms with Crippen LogP contribution in [0.25, 0.3) is 10.6 Å². The maximum absolute atomic E-state index is 13.1. The Hall–Kier alpha value is -1.72. The first-order valence-corrected chi connectivity index (χ1v) is 11.6. The summed E-state index contributed by atoms with van der Waals surface area (Å²) in [5.74, 6) is 0.162. The van der Waals surface area contributed by atoms with Crippen LogP contribution in [0.1, 0.15) is 60.0 Å². The molecule has 2 heterocycles. The highest BCUT2D eigenvalue weighted by atomic mass is 32.1. The van der Waals surface area contributed by atoms with Gasteiger partial charge in [-0.3, -0.25) is 9.69 Å². The molecule has 28 heavy (non-hydrogen) atoms. The predicted octanol–water partition coefficient (Wildman–Crippen LogP) is 4.77. The number of aryl methyl sites for hydroxylation is 2. The van der Waals surface area contributed by atoms with Crippen molar-refractivity contribution in [3.8, 4) is 10.6 Å². The molecule has 1 amide bonds. The summed E-state index contributed by atoms with van der Waals surface area (Å²) in [6.45, 7) is 7.87. The number of rotatable bonds is 5. The van der Waals surface area contributed by atoms with Gasteiger partial charge in [-0.25, -0.2) is 4.98 Å². The van der Waals surface area contributed by atoms with Gasteiger partial charge in [0.15, 0.2) is 0 Å². The van der Waals surface area contributed by atoms with Gasteiger partial charge < -0.3 is 4.90 Å². The Morgan fingerprint density at radius 1 is 1.11 bits per heavy atom. The minimum Gasteiger partial charge on any atom is -0.335 e. The molecule has 1 aliphatic heterocycles. The standard InChI is InChI=1S/C23H31N3OS/c1-3-6-18-9-11-19(12-10-18)22-24-17(2)21(28-22)23(27)26-15-13-25(14-16-26)20-7-4-5-8-20/h9-12,20H,3-8,13-16H2,1-2H3. The number of amides is 1. The highest BCUT2D eigenvalue weighted by molar-refractivity contribution is 7.17. The zero-order valence-electron chi connectivity index (χ0n) is 17.1. The number of benzene rings is 1. The van der Waals surface area contributed by atoms with Crippen molar-refractivity contribution in [2.24, 2.45) is 0 Å². The van der Waals surface area contributed by atoms with Crippen LogP contribution in [0.2, 0.25) is 0 Å². The predicted molar refractivity (Wildman–Crippen MR) is 116 cm³/mol. The van der Waals surface area contributed by atoms with Gasteiger partial charge in [-0.05, 0) is 31.7 Å². The van der Waals surface area contributed by atoms with E-state index in [-0.39, 0.29) is 5.91 Å². The summed E-state index contributed by atoms with van der Waals surface area (Å²) in [4.78, 5) is 23.3. The second-order valence-electron chi connectivity index (χ2n) is 8.15. The van der Waals surface area contributed by atoms with Crippen LogP contribution in [0.3, 0.4) is 0 Å². The van der Waals surface area contributed by atoms with Crippen LogP contribution in [0.4, 0.5) is 0 Å². The number of carbonyl (C=O) groups is 1. The van der Waals surface area contributed by atoms with E-state index in [4.69, 9.17) is 4.98 Å². The van der Waals surface area contributed by atoms with E-state index in [0.717, 1.165) is 66.2 Å². The van der Waals surface area contributed by atoms with Crippen LogP contribution in [-0.4, -0.2) is 52.9 Å². The number of hydrogen-bond acceptors (Lipinski definition) is 4. The first-order chi connectivity index (χ1) is 13.7. The zero-order chi connectivity index (χ0) is 19.5. The van der Waals surface area contributed by atoms with E-state index >= 15 is 0 Å². The molecule has 1 saturated heterocycles. The van der Waals surface area contributed by atoms with Crippen molar-refractivity contribution in [1.29, 1.82) is 0 Å². The summed E-state index contributed by atoms with van der Waals surface area (Å²) < 4.78 is 0. The molecule has 4 nitrogen and oxygen atoms in total. The Kier molecular flexibility index (Phi) is 6.12. The molecule has 150 valence electrons. The third kappa shape index (κ3) is 4.15. The SMILES string of the molecule is CCCc1ccc(-c2nc(C)c(C(=O)N3CCN(C4CCCC4)CC3)s2)cc1. The second kappa shape index (κ2) is 8.75. The number of carbonyl (C=O) groups excluding carboxylic acids is 1. The molecule has 0 radical (unpaired) electrons. The largest absolute Gasteiger partial charge is 0.335 e. The molecule has 0 spiro atoms. The van der Waals surface area contributed by atoms with Gasteiger partial charge in [0.2, 0.25) is 0 Å². The van der Waals surface area contributed by atoms with Crippen LogP contribution < -0.4 is 0 Å². The lowest BCUT2D eigenvalue weighted by atomic mass is 10.1. The summed E-state index contributed by atoms with van der Waals surface area (Å²) in [6, 6.07) is 9.39. The van der Waals surface area contributed by atoms with E-state index in [2.05, 4.69) is 36.1 Å². The summed E-state index contributed by atoms with van der Waals surface area (Å²) in [5, 5.41) is 0.952. The van der Waals surface area contributed by atoms with E-state index in [1.807, 2.05) is 11.8 Å². The van der Waals surface area contributed by atoms with Crippen molar-refractivity contribution < 1.29 is 4.79 Å². The van der Waals surface area contributed by atoms with Crippen molar-refractivity contribution >= 4 is 17.2 Å². The number of nitrogens with zero attached hydrogens (tertiary/aromatic N) is 3. The molecule has 0 atom stereocenters. The van der Waals surface area contributed by atoms with Gasteiger partial charge in [0.05, 0.1) is 5.69 Å². The molecule has 0 bridgehead atoms. The number of thiazole rings is 1. The normalized spacial score (nSPS) is 18.7. The smallest absolute Gasteiger partial charge is 0.265 e. The Bertz CT molecular complexity index is 800. The van der Waals surface area contributed by atoms with Gasteiger partial charge in [0.25, 0.3) is 5.91 Å². The highest BCUT2D eigenvalue weighted by Crippen LogP contribution is 2.30. The fourth-order valence-corrected chi connectivity index (χ4v) is 5.56. The fraction of sp³-hybridized carbons (Fsp3) is 0.565. The molecule has 1 aromatic carbocycles. The molecule has 2 aromatic rings. The lowest BCUT2D eigenvalue weighted by Crippen LogP contribution is -2.51. The van der Waals surface area contributed by atoms with Gasteiger partial charge in [0, 0.05) is 37.8 Å². The van der Waals surface area contributed by atoms with Crippen molar-refractivity contribution in [1.82, 2.24) is 14.8 Å². The second-order valence-corrected chi connectivity index (χ2v) is 9.15. The van der Waals surface area contributed by atoms with Gasteiger partial charge in [-0.15, -0.1) is 11.3 Å². The van der Waals surface area contributed by atoms with Gasteiger partial charge in [-0.2, -0.15) is 0 Å². The molecule has 1 aromatic heterocycles. The minimum atomic E-state index is 0.162. The summed E-state index contributed by atoms with van der Waals surface area (Å²) >= 11 is 1.54. The van der Waals surface area contributed by atoms with Crippen molar-refractivity contribution in [3.63, 3.8) is 0 Å². The third-order valence-corrected chi connectivity index (χ3v) is 7.37. The average Bonchev–Trinajstić information content (AvgIpc) is 3.39. The van der Waals surface area contributed by atoms with E-state index in [0.29, 0.717) is 0 Å². The van der Waals surface area contributed by atoms with Gasteiger partial charge >= 0.3 is 0 Å². The van der Waals surface area contributed by atoms with Crippen molar-refractivity contribution in [3.05, 3.63) is 40.4 Å². The zero-order valence-corrected chi connectivity index (χ0v) is 17.9. The number of hydrogen-bond donors (Lipinski definition) is 0. The highest BCUT2D eigenvalue weighted by Gasteiger charge is 2.29. The first kappa shape index (κ1) is 19.6. The lowest BCUT2D eigenvalue weighted by Gasteiger charge is -2.37. The maximum atomic E-state index is 13.1. The maximum Gasteiger partial charge on any atom is 0.265 e. The van der Waals surface area contributed by atoms with Crippen molar-refractivity contribution in [2.75, 3.05) is 26.2 Å². The van der Waals surface area contributed by atoms with Crippen LogP contribution in [0.5, 0.6) is 0 Å². The molecule has 0 N–H and O–H groups in total. The van der Waals surface area contributed by atoms with E-state index in [9.17, 15) is 4.79 Å². The Morgan fingerprint density at radius 2 is 1.79 bits per heavy atom. The molecule has 1 aliphatic carbocycles. The molecular weight excluding hydrogens is 366 g/mol. The third-order valence-electron chi connectivity index (χ3n) is 6.17. The van der Waals surface area contributed by atoms with E-state index < -0.39 is 0 Å². The summed E-state index contributed by atoms with van der Waals surface area (Å²) in [6.07, 6.45) is 7.67. The summed E-state index contributed by atoms with van der Waals surface area (Å²) in [7, 11) is 0. The van der Waals surface area contributed by atoms with Crippen LogP contribution in [-0.2, 0) is 6.42 Å². The van der Waals surface area contributed by atoms with Crippen LogP contribution in [0.15, 0.2) is 24.3 Å². The molecule has 0 unspecified atom stereocenters. The lowest BCUT2D eigenvalue weighted by molar-refractivity contribution is 0.0577. The molecular formula is C23H31N3OS. The number of aromatic nitrogens is 1. The minimum absolute atomic E-state index is 0.162. The number of piperazine rings is 1. The molecule has 2 aliphatic rings. The average molecular weight is 398 g/mol. The Balaban J connectivity index is 1.42. The van der Waals surface area contributed by atoms with Gasteiger partial charge in [-0.1, -0.05) is 50.5 Å². The Labute approximate surface area is 172 Å². The molecule has 4 rings (SSSR count). The summed E-state index contributed by atoms with van der Waals surface area (Å²) in [5.41, 5.74) is 3.33.